The second-order valence-corrected chi connectivity index (χ2v) is 7.21. The highest BCUT2D eigenvalue weighted by molar-refractivity contribution is 6.33. The molecule has 0 spiro atoms. The molecule has 1 aliphatic rings. The van der Waals surface area contributed by atoms with Gasteiger partial charge in [-0.25, -0.2) is 4.98 Å². The summed E-state index contributed by atoms with van der Waals surface area (Å²) in [6.45, 7) is 0.766. The molecule has 3 aromatic rings. The number of hydrogen-bond acceptors (Lipinski definition) is 5. The number of benzene rings is 1. The molecule has 1 aliphatic carbocycles. The quantitative estimate of drug-likeness (QED) is 0.703. The van der Waals surface area contributed by atoms with Crippen LogP contribution in [0.5, 0.6) is 0 Å². The fraction of sp³-hybridized carbons (Fsp3) is 0.316. The molecule has 0 radical (unpaired) electrons. The summed E-state index contributed by atoms with van der Waals surface area (Å²) in [5, 5.41) is 17.6. The van der Waals surface area contributed by atoms with Gasteiger partial charge in [-0.05, 0) is 24.8 Å². The molecule has 7 nitrogen and oxygen atoms in total. The summed E-state index contributed by atoms with van der Waals surface area (Å²) in [5.41, 5.74) is 1.19. The third-order valence-electron chi connectivity index (χ3n) is 4.86. The van der Waals surface area contributed by atoms with E-state index in [2.05, 4.69) is 15.5 Å². The molecule has 140 valence electrons. The highest BCUT2D eigenvalue weighted by Gasteiger charge is 2.34. The first-order valence-corrected chi connectivity index (χ1v) is 9.14. The van der Waals surface area contributed by atoms with Crippen LogP contribution in [0.1, 0.15) is 23.4 Å². The smallest absolute Gasteiger partial charge is 0.290 e. The van der Waals surface area contributed by atoms with E-state index in [1.165, 1.54) is 0 Å². The first-order valence-electron chi connectivity index (χ1n) is 8.76. The molecular weight excluding hydrogens is 368 g/mol. The summed E-state index contributed by atoms with van der Waals surface area (Å²) in [5.74, 6) is -0.0313. The Hall–Kier alpha value is -2.64. The number of aromatic nitrogens is 3. The van der Waals surface area contributed by atoms with Gasteiger partial charge in [-0.1, -0.05) is 35.0 Å². The van der Waals surface area contributed by atoms with Gasteiger partial charge >= 0.3 is 0 Å². The van der Waals surface area contributed by atoms with Gasteiger partial charge in [0.05, 0.1) is 23.5 Å². The maximum absolute atomic E-state index is 12.5. The largest absolute Gasteiger partial charge is 0.391 e. The van der Waals surface area contributed by atoms with E-state index in [4.69, 9.17) is 16.1 Å². The van der Waals surface area contributed by atoms with Crippen LogP contribution in [0, 0.1) is 5.92 Å². The van der Waals surface area contributed by atoms with Crippen molar-refractivity contribution in [2.45, 2.75) is 31.5 Å². The highest BCUT2D eigenvalue weighted by atomic mass is 35.5. The van der Waals surface area contributed by atoms with Crippen molar-refractivity contribution in [3.63, 3.8) is 0 Å². The van der Waals surface area contributed by atoms with Crippen LogP contribution in [0.2, 0.25) is 5.02 Å². The Kier molecular flexibility index (Phi) is 4.96. The van der Waals surface area contributed by atoms with Crippen LogP contribution in [0.3, 0.4) is 0 Å². The summed E-state index contributed by atoms with van der Waals surface area (Å²) < 4.78 is 7.16. The number of amides is 1. The average molecular weight is 387 g/mol. The normalized spacial score (nSPS) is 22.1. The van der Waals surface area contributed by atoms with Crippen LogP contribution in [-0.2, 0) is 6.54 Å². The van der Waals surface area contributed by atoms with Crippen molar-refractivity contribution in [2.24, 2.45) is 5.92 Å². The van der Waals surface area contributed by atoms with Gasteiger partial charge in [0, 0.05) is 30.6 Å². The molecule has 4 rings (SSSR count). The lowest BCUT2D eigenvalue weighted by molar-refractivity contribution is 0.0837. The van der Waals surface area contributed by atoms with Crippen molar-refractivity contribution in [1.82, 2.24) is 20.0 Å². The van der Waals surface area contributed by atoms with Crippen LogP contribution in [-0.4, -0.2) is 37.9 Å². The zero-order chi connectivity index (χ0) is 18.8. The lowest BCUT2D eigenvalue weighted by atomic mass is 10.1. The second-order valence-electron chi connectivity index (χ2n) is 6.80. The standard InChI is InChI=1S/C19H19ClN4O3/c20-14-4-2-1-3-13(14)15-9-18(27-23-15)19(26)22-16-7-12(8-17(16)25)10-24-6-5-21-11-24/h1-6,9,11-12,16-17,25H,7-8,10H2,(H,22,26)/t12?,16-,17-/m1/s1. The fourth-order valence-electron chi connectivity index (χ4n) is 3.53. The van der Waals surface area contributed by atoms with Crippen LogP contribution in [0.4, 0.5) is 0 Å². The van der Waals surface area contributed by atoms with Crippen molar-refractivity contribution >= 4 is 17.5 Å². The molecule has 2 heterocycles. The Labute approximate surface area is 161 Å². The second kappa shape index (κ2) is 7.54. The van der Waals surface area contributed by atoms with Crippen molar-refractivity contribution in [2.75, 3.05) is 0 Å². The van der Waals surface area contributed by atoms with Crippen molar-refractivity contribution in [1.29, 1.82) is 0 Å². The summed E-state index contributed by atoms with van der Waals surface area (Å²) >= 11 is 6.16. The minimum atomic E-state index is -0.589. The van der Waals surface area contributed by atoms with Gasteiger partial charge in [-0.3, -0.25) is 4.79 Å². The Morgan fingerprint density at radius 3 is 3.00 bits per heavy atom. The average Bonchev–Trinajstić information content (AvgIpc) is 3.38. The predicted molar refractivity (Wildman–Crippen MR) is 99.2 cm³/mol. The molecule has 27 heavy (non-hydrogen) atoms. The Morgan fingerprint density at radius 2 is 2.22 bits per heavy atom. The van der Waals surface area contributed by atoms with Gasteiger partial charge in [-0.15, -0.1) is 0 Å². The van der Waals surface area contributed by atoms with Gasteiger partial charge < -0.3 is 19.5 Å². The molecule has 0 saturated heterocycles. The van der Waals surface area contributed by atoms with E-state index in [0.717, 1.165) is 6.54 Å². The number of rotatable bonds is 5. The first-order chi connectivity index (χ1) is 13.1. The Balaban J connectivity index is 1.40. The molecule has 1 amide bonds. The van der Waals surface area contributed by atoms with Crippen molar-refractivity contribution < 1.29 is 14.4 Å². The molecule has 1 fully saturated rings. The van der Waals surface area contributed by atoms with Crippen LogP contribution in [0.15, 0.2) is 53.6 Å². The van der Waals surface area contributed by atoms with Gasteiger partial charge in [0.15, 0.2) is 0 Å². The number of carbonyl (C=O) groups excluding carboxylic acids is 1. The molecular formula is C19H19ClN4O3. The topological polar surface area (TPSA) is 93.2 Å². The maximum Gasteiger partial charge on any atom is 0.290 e. The van der Waals surface area contributed by atoms with E-state index >= 15 is 0 Å². The molecule has 1 unspecified atom stereocenters. The number of aliphatic hydroxyl groups excluding tert-OH is 1. The van der Waals surface area contributed by atoms with Gasteiger partial charge in [0.1, 0.15) is 5.69 Å². The minimum absolute atomic E-state index is 0.0928. The number of carbonyl (C=O) groups is 1. The number of aliphatic hydroxyl groups is 1. The Bertz CT molecular complexity index is 925. The summed E-state index contributed by atoms with van der Waals surface area (Å²) in [6, 6.07) is 8.46. The number of imidazole rings is 1. The molecule has 8 heteroatoms. The lowest BCUT2D eigenvalue weighted by Crippen LogP contribution is -2.39. The first kappa shape index (κ1) is 17.8. The molecule has 1 aromatic carbocycles. The van der Waals surface area contributed by atoms with Gasteiger partial charge in [0.25, 0.3) is 5.91 Å². The van der Waals surface area contributed by atoms with Crippen LogP contribution >= 0.6 is 11.6 Å². The molecule has 2 aromatic heterocycles. The van der Waals surface area contributed by atoms with E-state index in [1.54, 1.807) is 24.7 Å². The molecule has 2 N–H and O–H groups in total. The maximum atomic E-state index is 12.5. The van der Waals surface area contributed by atoms with Crippen LogP contribution < -0.4 is 5.32 Å². The third kappa shape index (κ3) is 3.89. The third-order valence-corrected chi connectivity index (χ3v) is 5.18. The summed E-state index contributed by atoms with van der Waals surface area (Å²) in [6.07, 6.45) is 6.10. The fourth-order valence-corrected chi connectivity index (χ4v) is 3.77. The van der Waals surface area contributed by atoms with Crippen molar-refractivity contribution in [3.05, 3.63) is 59.8 Å². The number of nitrogens with one attached hydrogen (secondary N) is 1. The summed E-state index contributed by atoms with van der Waals surface area (Å²) in [7, 11) is 0. The van der Waals surface area contributed by atoms with E-state index in [-0.39, 0.29) is 17.7 Å². The summed E-state index contributed by atoms with van der Waals surface area (Å²) in [4.78, 5) is 16.5. The lowest BCUT2D eigenvalue weighted by Gasteiger charge is -2.15. The van der Waals surface area contributed by atoms with Crippen LogP contribution in [0.25, 0.3) is 11.3 Å². The minimum Gasteiger partial charge on any atom is -0.391 e. The number of nitrogens with zero attached hydrogens (tertiary/aromatic N) is 3. The van der Waals surface area contributed by atoms with Crippen molar-refractivity contribution in [3.8, 4) is 11.3 Å². The number of halogens is 1. The van der Waals surface area contributed by atoms with Gasteiger partial charge in [-0.2, -0.15) is 0 Å². The van der Waals surface area contributed by atoms with E-state index < -0.39 is 12.0 Å². The SMILES string of the molecule is O=C(N[C@@H]1CC(Cn2ccnc2)C[C@H]1O)c1cc(-c2ccccc2Cl)no1. The van der Waals surface area contributed by atoms with Gasteiger partial charge in [0.2, 0.25) is 5.76 Å². The predicted octanol–water partition coefficient (Wildman–Crippen LogP) is 2.76. The zero-order valence-electron chi connectivity index (χ0n) is 14.5. The zero-order valence-corrected chi connectivity index (χ0v) is 15.2. The van der Waals surface area contributed by atoms with E-state index in [9.17, 15) is 9.90 Å². The highest BCUT2D eigenvalue weighted by Crippen LogP contribution is 2.29. The molecule has 0 bridgehead atoms. The van der Waals surface area contributed by atoms with E-state index in [1.807, 2.05) is 29.0 Å². The monoisotopic (exact) mass is 386 g/mol. The Morgan fingerprint density at radius 1 is 1.37 bits per heavy atom. The van der Waals surface area contributed by atoms with E-state index in [0.29, 0.717) is 29.1 Å². The molecule has 0 aliphatic heterocycles. The molecule has 3 atom stereocenters. The molecule has 1 saturated carbocycles. The number of hydrogen-bond donors (Lipinski definition) is 2.